The van der Waals surface area contributed by atoms with Gasteiger partial charge in [0.1, 0.15) is 8.65 Å². The number of pyridine rings is 2. The molecule has 3 nitrogen and oxygen atoms in total. The number of alkyl halides is 2. The summed E-state index contributed by atoms with van der Waals surface area (Å²) in [6, 6.07) is 26.9. The first-order valence-corrected chi connectivity index (χ1v) is 11.0. The van der Waals surface area contributed by atoms with E-state index in [1.807, 2.05) is 84.9 Å². The third-order valence-electron chi connectivity index (χ3n) is 5.09. The highest BCUT2D eigenvalue weighted by Gasteiger charge is 2.52. The van der Waals surface area contributed by atoms with Gasteiger partial charge in [0.15, 0.2) is 5.78 Å². The van der Waals surface area contributed by atoms with Gasteiger partial charge >= 0.3 is 0 Å². The number of halogens is 2. The molecule has 0 aliphatic heterocycles. The lowest BCUT2D eigenvalue weighted by atomic mass is 9.77. The van der Waals surface area contributed by atoms with E-state index in [-0.39, 0.29) is 5.78 Å². The molecule has 5 heteroatoms. The van der Waals surface area contributed by atoms with Gasteiger partial charge in [0.2, 0.25) is 0 Å². The molecule has 2 aromatic heterocycles. The van der Waals surface area contributed by atoms with Crippen LogP contribution in [-0.2, 0) is 13.4 Å². The average molecular weight is 522 g/mol. The molecule has 148 valence electrons. The maximum absolute atomic E-state index is 14.5. The van der Waals surface area contributed by atoms with Crippen LogP contribution in [0.3, 0.4) is 0 Å². The zero-order valence-electron chi connectivity index (χ0n) is 16.0. The van der Waals surface area contributed by atoms with Crippen molar-refractivity contribution >= 4 is 37.6 Å². The minimum Gasteiger partial charge on any atom is -0.295 e. The SMILES string of the molecule is O=C(C(Br)(c1ccccc1)c1cccnc1)C(Br)(c1ccccc1)c1cccnc1. The van der Waals surface area contributed by atoms with Crippen molar-refractivity contribution in [2.45, 2.75) is 8.65 Å². The van der Waals surface area contributed by atoms with Gasteiger partial charge in [-0.25, -0.2) is 0 Å². The number of hydrogen-bond acceptors (Lipinski definition) is 3. The van der Waals surface area contributed by atoms with Crippen LogP contribution < -0.4 is 0 Å². The molecule has 0 aliphatic carbocycles. The van der Waals surface area contributed by atoms with Gasteiger partial charge in [0, 0.05) is 24.8 Å². The second kappa shape index (κ2) is 8.62. The number of carbonyl (C=O) groups is 1. The average Bonchev–Trinajstić information content (AvgIpc) is 2.84. The minimum absolute atomic E-state index is 0.0894. The first-order valence-electron chi connectivity index (χ1n) is 9.42. The van der Waals surface area contributed by atoms with Crippen LogP contribution in [0.25, 0.3) is 0 Å². The summed E-state index contributed by atoms with van der Waals surface area (Å²) >= 11 is 7.72. The van der Waals surface area contributed by atoms with E-state index in [0.717, 1.165) is 22.3 Å². The van der Waals surface area contributed by atoms with Crippen molar-refractivity contribution in [1.29, 1.82) is 0 Å². The lowest BCUT2D eigenvalue weighted by Gasteiger charge is -2.36. The molecule has 0 N–H and O–H groups in total. The molecule has 0 aliphatic rings. The summed E-state index contributed by atoms with van der Waals surface area (Å²) in [4.78, 5) is 23.1. The molecule has 30 heavy (non-hydrogen) atoms. The first kappa shape index (κ1) is 20.6. The van der Waals surface area contributed by atoms with E-state index in [1.165, 1.54) is 0 Å². The lowest BCUT2D eigenvalue weighted by Crippen LogP contribution is -2.44. The van der Waals surface area contributed by atoms with Crippen LogP contribution in [0.4, 0.5) is 0 Å². The molecular formula is C25H18Br2N2O. The Labute approximate surface area is 192 Å². The summed E-state index contributed by atoms with van der Waals surface area (Å²) in [6.07, 6.45) is 6.85. The van der Waals surface area contributed by atoms with Crippen molar-refractivity contribution in [2.24, 2.45) is 0 Å². The summed E-state index contributed by atoms with van der Waals surface area (Å²) in [7, 11) is 0. The summed E-state index contributed by atoms with van der Waals surface area (Å²) in [6.45, 7) is 0. The van der Waals surface area contributed by atoms with Crippen molar-refractivity contribution in [2.75, 3.05) is 0 Å². The molecule has 2 heterocycles. The molecule has 0 fully saturated rings. The molecule has 0 saturated carbocycles. The molecule has 2 atom stereocenters. The molecule has 0 amide bonds. The standard InChI is InChI=1S/C25H18Br2N2O/c26-24(19-9-3-1-4-10-19,21-13-7-15-28-17-21)23(30)25(27,20-11-5-2-6-12-20)22-14-8-16-29-18-22/h1-18H. The highest BCUT2D eigenvalue weighted by molar-refractivity contribution is 9.11. The topological polar surface area (TPSA) is 42.9 Å². The van der Waals surface area contributed by atoms with Crippen molar-refractivity contribution in [3.8, 4) is 0 Å². The maximum Gasteiger partial charge on any atom is 0.184 e. The number of Topliss-reactive ketones (excluding diaryl/α,β-unsaturated/α-hetero) is 1. The largest absolute Gasteiger partial charge is 0.295 e. The van der Waals surface area contributed by atoms with E-state index in [2.05, 4.69) is 41.8 Å². The summed E-state index contributed by atoms with van der Waals surface area (Å²) in [5.41, 5.74) is 3.16. The van der Waals surface area contributed by atoms with Gasteiger partial charge in [0.25, 0.3) is 0 Å². The Morgan fingerprint density at radius 2 is 0.933 bits per heavy atom. The van der Waals surface area contributed by atoms with Crippen LogP contribution in [0.2, 0.25) is 0 Å². The molecule has 4 rings (SSSR count). The molecular weight excluding hydrogens is 504 g/mol. The second-order valence-electron chi connectivity index (χ2n) is 6.86. The Hall–Kier alpha value is -2.63. The monoisotopic (exact) mass is 520 g/mol. The van der Waals surface area contributed by atoms with Crippen LogP contribution in [0, 0.1) is 0 Å². The Balaban J connectivity index is 1.99. The highest BCUT2D eigenvalue weighted by Crippen LogP contribution is 2.50. The Morgan fingerprint density at radius 3 is 1.27 bits per heavy atom. The number of aromatic nitrogens is 2. The summed E-state index contributed by atoms with van der Waals surface area (Å²) in [5, 5.41) is 0. The fourth-order valence-electron chi connectivity index (χ4n) is 3.56. The second-order valence-corrected chi connectivity index (χ2v) is 9.24. The van der Waals surface area contributed by atoms with E-state index in [4.69, 9.17) is 0 Å². The third-order valence-corrected chi connectivity index (χ3v) is 7.64. The van der Waals surface area contributed by atoms with E-state index >= 15 is 0 Å². The smallest absolute Gasteiger partial charge is 0.184 e. The Kier molecular flexibility index (Phi) is 5.93. The Bertz CT molecular complexity index is 951. The molecule has 2 unspecified atom stereocenters. The number of ketones is 1. The zero-order chi connectivity index (χ0) is 21.0. The minimum atomic E-state index is -1.13. The van der Waals surface area contributed by atoms with Gasteiger partial charge in [-0.2, -0.15) is 0 Å². The molecule has 0 saturated heterocycles. The molecule has 4 aromatic rings. The Morgan fingerprint density at radius 1 is 0.567 bits per heavy atom. The number of carbonyl (C=O) groups excluding carboxylic acids is 1. The van der Waals surface area contributed by atoms with Gasteiger partial charge in [0.05, 0.1) is 0 Å². The lowest BCUT2D eigenvalue weighted by molar-refractivity contribution is -0.121. The summed E-state index contributed by atoms with van der Waals surface area (Å²) < 4.78 is -2.25. The third kappa shape index (κ3) is 3.53. The number of benzene rings is 2. The molecule has 2 aromatic carbocycles. The van der Waals surface area contributed by atoms with Crippen LogP contribution in [0.15, 0.2) is 110 Å². The number of nitrogens with zero attached hydrogens (tertiary/aromatic N) is 2. The van der Waals surface area contributed by atoms with E-state index in [9.17, 15) is 4.79 Å². The van der Waals surface area contributed by atoms with Gasteiger partial charge in [-0.3, -0.25) is 14.8 Å². The van der Waals surface area contributed by atoms with E-state index < -0.39 is 8.65 Å². The van der Waals surface area contributed by atoms with Gasteiger partial charge in [-0.05, 0) is 34.4 Å². The van der Waals surface area contributed by atoms with Crippen molar-refractivity contribution in [3.63, 3.8) is 0 Å². The van der Waals surface area contributed by atoms with Crippen molar-refractivity contribution < 1.29 is 4.79 Å². The van der Waals surface area contributed by atoms with E-state index in [0.29, 0.717) is 0 Å². The normalized spacial score (nSPS) is 15.0. The molecule has 0 bridgehead atoms. The highest BCUT2D eigenvalue weighted by atomic mass is 79.9. The van der Waals surface area contributed by atoms with Crippen molar-refractivity contribution in [1.82, 2.24) is 9.97 Å². The fraction of sp³-hybridized carbons (Fsp3) is 0.0800. The number of hydrogen-bond donors (Lipinski definition) is 0. The van der Waals surface area contributed by atoms with Crippen LogP contribution in [0.5, 0.6) is 0 Å². The molecule has 0 spiro atoms. The fourth-order valence-corrected chi connectivity index (χ4v) is 5.42. The molecule has 0 radical (unpaired) electrons. The predicted molar refractivity (Wildman–Crippen MR) is 126 cm³/mol. The van der Waals surface area contributed by atoms with Crippen molar-refractivity contribution in [3.05, 3.63) is 132 Å². The number of rotatable bonds is 6. The van der Waals surface area contributed by atoms with Crippen LogP contribution >= 0.6 is 31.9 Å². The van der Waals surface area contributed by atoms with Gasteiger partial charge in [-0.15, -0.1) is 0 Å². The van der Waals surface area contributed by atoms with Crippen LogP contribution in [0.1, 0.15) is 22.3 Å². The maximum atomic E-state index is 14.5. The van der Waals surface area contributed by atoms with E-state index in [1.54, 1.807) is 24.8 Å². The quantitative estimate of drug-likeness (QED) is 0.291. The summed E-state index contributed by atoms with van der Waals surface area (Å²) in [5.74, 6) is -0.0894. The first-order chi connectivity index (χ1) is 14.6. The predicted octanol–water partition coefficient (Wildman–Crippen LogP) is 6.02. The van der Waals surface area contributed by atoms with Gasteiger partial charge in [-0.1, -0.05) is 105 Å². The zero-order valence-corrected chi connectivity index (χ0v) is 19.1. The van der Waals surface area contributed by atoms with Gasteiger partial charge < -0.3 is 0 Å². The van der Waals surface area contributed by atoms with Crippen LogP contribution in [-0.4, -0.2) is 15.8 Å².